The fourth-order valence-electron chi connectivity index (χ4n) is 3.00. The summed E-state index contributed by atoms with van der Waals surface area (Å²) in [6.45, 7) is 0. The minimum absolute atomic E-state index is 0.310. The van der Waals surface area contributed by atoms with E-state index in [0.717, 1.165) is 27.9 Å². The molecule has 4 heteroatoms. The quantitative estimate of drug-likeness (QED) is 0.490. The Morgan fingerprint density at radius 3 is 2.33 bits per heavy atom. The molecular weight excluding hydrogens is 337 g/mol. The molecule has 0 saturated heterocycles. The number of benzene rings is 3. The highest BCUT2D eigenvalue weighted by atomic mass is 19.1. The van der Waals surface area contributed by atoms with Gasteiger partial charge in [-0.15, -0.1) is 0 Å². The van der Waals surface area contributed by atoms with Gasteiger partial charge in [-0.25, -0.2) is 4.39 Å². The lowest BCUT2D eigenvalue weighted by molar-refractivity contribution is 0.627. The predicted molar refractivity (Wildman–Crippen MR) is 103 cm³/mol. The molecule has 4 rings (SSSR count). The van der Waals surface area contributed by atoms with Gasteiger partial charge in [0.15, 0.2) is 0 Å². The fourth-order valence-corrected chi connectivity index (χ4v) is 3.00. The molecule has 3 aromatic carbocycles. The Morgan fingerprint density at radius 2 is 1.52 bits per heavy atom. The van der Waals surface area contributed by atoms with Crippen molar-refractivity contribution in [1.82, 2.24) is 10.2 Å². The summed E-state index contributed by atoms with van der Waals surface area (Å²) in [6, 6.07) is 25.9. The zero-order valence-electron chi connectivity index (χ0n) is 14.3. The molecule has 0 N–H and O–H groups in total. The van der Waals surface area contributed by atoms with Crippen LogP contribution in [0.3, 0.4) is 0 Å². The van der Waals surface area contributed by atoms with E-state index in [-0.39, 0.29) is 0 Å². The zero-order chi connectivity index (χ0) is 18.6. The monoisotopic (exact) mass is 351 g/mol. The summed E-state index contributed by atoms with van der Waals surface area (Å²) in [5.41, 5.74) is 5.52. The largest absolute Gasteiger partial charge is 0.207 e. The smallest absolute Gasteiger partial charge is 0.124 e. The van der Waals surface area contributed by atoms with Gasteiger partial charge in [0.05, 0.1) is 23.5 Å². The average Bonchev–Trinajstić information content (AvgIpc) is 2.74. The molecule has 0 bridgehead atoms. The van der Waals surface area contributed by atoms with Gasteiger partial charge in [-0.05, 0) is 41.0 Å². The van der Waals surface area contributed by atoms with E-state index in [4.69, 9.17) is 0 Å². The number of aromatic nitrogens is 2. The van der Waals surface area contributed by atoms with Crippen molar-refractivity contribution in [2.24, 2.45) is 0 Å². The minimum atomic E-state index is -0.419. The molecule has 0 amide bonds. The number of nitriles is 1. The van der Waals surface area contributed by atoms with Crippen LogP contribution < -0.4 is 0 Å². The first-order chi connectivity index (χ1) is 13.2. The van der Waals surface area contributed by atoms with Gasteiger partial charge < -0.3 is 0 Å². The van der Waals surface area contributed by atoms with Crippen LogP contribution in [0.15, 0.2) is 85.1 Å². The van der Waals surface area contributed by atoms with Crippen LogP contribution in [0.5, 0.6) is 0 Å². The summed E-state index contributed by atoms with van der Waals surface area (Å²) < 4.78 is 13.4. The standard InChI is InChI=1S/C23H14FN3/c24-21-9-10-22(19(12-21)14-25)18-8-4-7-17(11-18)20-13-23(27-26-15-20)16-5-2-1-3-6-16/h1-13,15H. The van der Waals surface area contributed by atoms with Crippen molar-refractivity contribution in [2.45, 2.75) is 0 Å². The minimum Gasteiger partial charge on any atom is -0.207 e. The number of hydrogen-bond donors (Lipinski definition) is 0. The summed E-state index contributed by atoms with van der Waals surface area (Å²) >= 11 is 0. The van der Waals surface area contributed by atoms with Crippen LogP contribution in [-0.2, 0) is 0 Å². The molecule has 0 aliphatic rings. The number of nitrogens with zero attached hydrogens (tertiary/aromatic N) is 3. The second-order valence-electron chi connectivity index (χ2n) is 6.08. The third-order valence-electron chi connectivity index (χ3n) is 4.33. The predicted octanol–water partition coefficient (Wildman–Crippen LogP) is 5.49. The van der Waals surface area contributed by atoms with E-state index in [1.807, 2.05) is 60.7 Å². The van der Waals surface area contributed by atoms with Gasteiger partial charge in [0.25, 0.3) is 0 Å². The topological polar surface area (TPSA) is 49.6 Å². The van der Waals surface area contributed by atoms with Crippen molar-refractivity contribution in [3.63, 3.8) is 0 Å². The van der Waals surface area contributed by atoms with Crippen molar-refractivity contribution in [3.8, 4) is 39.6 Å². The van der Waals surface area contributed by atoms with Crippen LogP contribution >= 0.6 is 0 Å². The van der Waals surface area contributed by atoms with E-state index in [1.54, 1.807) is 12.3 Å². The molecule has 1 aromatic heterocycles. The maximum Gasteiger partial charge on any atom is 0.124 e. The Kier molecular flexibility index (Phi) is 4.42. The van der Waals surface area contributed by atoms with E-state index in [0.29, 0.717) is 11.1 Å². The molecule has 0 spiro atoms. The number of hydrogen-bond acceptors (Lipinski definition) is 3. The Hall–Kier alpha value is -3.84. The molecule has 0 aliphatic carbocycles. The molecule has 3 nitrogen and oxygen atoms in total. The van der Waals surface area contributed by atoms with Crippen LogP contribution in [0.2, 0.25) is 0 Å². The lowest BCUT2D eigenvalue weighted by atomic mass is 9.96. The summed E-state index contributed by atoms with van der Waals surface area (Å²) in [4.78, 5) is 0. The van der Waals surface area contributed by atoms with Gasteiger partial charge in [0, 0.05) is 11.1 Å². The van der Waals surface area contributed by atoms with Crippen molar-refractivity contribution >= 4 is 0 Å². The molecule has 1 heterocycles. The third-order valence-corrected chi connectivity index (χ3v) is 4.33. The highest BCUT2D eigenvalue weighted by Crippen LogP contribution is 2.30. The summed E-state index contributed by atoms with van der Waals surface area (Å²) in [7, 11) is 0. The Labute approximate surface area is 156 Å². The highest BCUT2D eigenvalue weighted by Gasteiger charge is 2.09. The molecule has 0 radical (unpaired) electrons. The van der Waals surface area contributed by atoms with Crippen molar-refractivity contribution in [2.75, 3.05) is 0 Å². The van der Waals surface area contributed by atoms with E-state index in [1.165, 1.54) is 12.1 Å². The SMILES string of the molecule is N#Cc1cc(F)ccc1-c1cccc(-c2cnnc(-c3ccccc3)c2)c1. The van der Waals surface area contributed by atoms with Crippen molar-refractivity contribution < 1.29 is 4.39 Å². The molecule has 0 fully saturated rings. The lowest BCUT2D eigenvalue weighted by Crippen LogP contribution is -1.90. The molecule has 128 valence electrons. The van der Waals surface area contributed by atoms with E-state index in [2.05, 4.69) is 16.3 Å². The molecule has 0 aliphatic heterocycles. The molecular formula is C23H14FN3. The summed E-state index contributed by atoms with van der Waals surface area (Å²) in [6.07, 6.45) is 1.71. The van der Waals surface area contributed by atoms with Crippen LogP contribution in [0.1, 0.15) is 5.56 Å². The normalized spacial score (nSPS) is 10.4. The first-order valence-corrected chi connectivity index (χ1v) is 8.43. The molecule has 0 unspecified atom stereocenters. The van der Waals surface area contributed by atoms with Crippen LogP contribution in [-0.4, -0.2) is 10.2 Å². The van der Waals surface area contributed by atoms with E-state index in [9.17, 15) is 9.65 Å². The second kappa shape index (κ2) is 7.19. The summed E-state index contributed by atoms with van der Waals surface area (Å²) in [5, 5.41) is 17.7. The molecule has 0 saturated carbocycles. The van der Waals surface area contributed by atoms with Crippen LogP contribution in [0, 0.1) is 17.1 Å². The number of rotatable bonds is 3. The van der Waals surface area contributed by atoms with Gasteiger partial charge >= 0.3 is 0 Å². The molecule has 0 atom stereocenters. The first kappa shape index (κ1) is 16.6. The average molecular weight is 351 g/mol. The van der Waals surface area contributed by atoms with E-state index < -0.39 is 5.82 Å². The Morgan fingerprint density at radius 1 is 0.741 bits per heavy atom. The Balaban J connectivity index is 1.77. The zero-order valence-corrected chi connectivity index (χ0v) is 14.3. The van der Waals surface area contributed by atoms with Crippen molar-refractivity contribution in [1.29, 1.82) is 5.26 Å². The highest BCUT2D eigenvalue weighted by molar-refractivity contribution is 5.77. The lowest BCUT2D eigenvalue weighted by Gasteiger charge is -2.08. The fraction of sp³-hybridized carbons (Fsp3) is 0. The van der Waals surface area contributed by atoms with Gasteiger partial charge in [0.1, 0.15) is 5.82 Å². The van der Waals surface area contributed by atoms with E-state index >= 15 is 0 Å². The maximum absolute atomic E-state index is 13.4. The third kappa shape index (κ3) is 3.44. The van der Waals surface area contributed by atoms with Crippen molar-refractivity contribution in [3.05, 3.63) is 96.4 Å². The van der Waals surface area contributed by atoms with Gasteiger partial charge in [-0.1, -0.05) is 54.6 Å². The number of halogens is 1. The Bertz CT molecular complexity index is 1150. The van der Waals surface area contributed by atoms with Crippen LogP contribution in [0.4, 0.5) is 4.39 Å². The summed E-state index contributed by atoms with van der Waals surface area (Å²) in [5.74, 6) is -0.419. The van der Waals surface area contributed by atoms with Gasteiger partial charge in [-0.2, -0.15) is 15.5 Å². The molecule has 27 heavy (non-hydrogen) atoms. The van der Waals surface area contributed by atoms with Gasteiger partial charge in [0.2, 0.25) is 0 Å². The first-order valence-electron chi connectivity index (χ1n) is 8.43. The van der Waals surface area contributed by atoms with Crippen LogP contribution in [0.25, 0.3) is 33.5 Å². The molecule has 4 aromatic rings. The van der Waals surface area contributed by atoms with Gasteiger partial charge in [-0.3, -0.25) is 0 Å². The second-order valence-corrected chi connectivity index (χ2v) is 6.08. The maximum atomic E-state index is 13.4.